The average Bonchev–Trinajstić information content (AvgIpc) is 2.28. The van der Waals surface area contributed by atoms with Crippen molar-refractivity contribution in [3.8, 4) is 0 Å². The van der Waals surface area contributed by atoms with Crippen LogP contribution in [-0.4, -0.2) is 17.5 Å². The highest BCUT2D eigenvalue weighted by atomic mass is 32.2. The lowest BCUT2D eigenvalue weighted by Gasteiger charge is -2.16. The molecular weight excluding hydrogens is 224 g/mol. The van der Waals surface area contributed by atoms with Crippen LogP contribution in [0.4, 0.5) is 0 Å². The topological polar surface area (TPSA) is 58.2 Å². The van der Waals surface area contributed by atoms with E-state index in [0.29, 0.717) is 6.42 Å². The molecule has 2 atom stereocenters. The standard InChI is InChI=1S/C11H16N2O2S/c1-9-4-3-5-10(8-9)11(6-7-14)13-16(15)12-2/h3-5,7-8,11-13H,6H2,1-2H3. The van der Waals surface area contributed by atoms with Gasteiger partial charge in [-0.25, -0.2) is 13.7 Å². The fourth-order valence-corrected chi connectivity index (χ4v) is 2.03. The van der Waals surface area contributed by atoms with Crippen LogP contribution in [0.3, 0.4) is 0 Å². The second kappa shape index (κ2) is 6.52. The first-order chi connectivity index (χ1) is 7.67. The van der Waals surface area contributed by atoms with Gasteiger partial charge in [0.1, 0.15) is 6.29 Å². The Kier molecular flexibility index (Phi) is 5.31. The first kappa shape index (κ1) is 13.0. The lowest BCUT2D eigenvalue weighted by molar-refractivity contribution is -0.108. The summed E-state index contributed by atoms with van der Waals surface area (Å²) in [5.41, 5.74) is 2.08. The molecule has 88 valence electrons. The molecule has 0 heterocycles. The first-order valence-electron chi connectivity index (χ1n) is 5.03. The third kappa shape index (κ3) is 3.84. The van der Waals surface area contributed by atoms with Gasteiger partial charge in [-0.15, -0.1) is 0 Å². The minimum absolute atomic E-state index is 0.217. The Morgan fingerprint density at radius 1 is 1.50 bits per heavy atom. The molecule has 0 aliphatic heterocycles. The molecule has 1 aromatic carbocycles. The maximum Gasteiger partial charge on any atom is 0.167 e. The maximum atomic E-state index is 11.3. The van der Waals surface area contributed by atoms with Crippen molar-refractivity contribution in [3.63, 3.8) is 0 Å². The van der Waals surface area contributed by atoms with Gasteiger partial charge in [-0.2, -0.15) is 0 Å². The van der Waals surface area contributed by atoms with Crippen LogP contribution in [0, 0.1) is 6.92 Å². The van der Waals surface area contributed by atoms with Crippen molar-refractivity contribution in [2.24, 2.45) is 0 Å². The summed E-state index contributed by atoms with van der Waals surface area (Å²) in [7, 11) is 1.59. The number of benzene rings is 1. The van der Waals surface area contributed by atoms with Crippen LogP contribution in [0.5, 0.6) is 0 Å². The van der Waals surface area contributed by atoms with E-state index < -0.39 is 11.2 Å². The van der Waals surface area contributed by atoms with Crippen LogP contribution in [0.25, 0.3) is 0 Å². The van der Waals surface area contributed by atoms with Gasteiger partial charge >= 0.3 is 0 Å². The molecule has 0 fully saturated rings. The summed E-state index contributed by atoms with van der Waals surface area (Å²) in [6.45, 7) is 1.98. The predicted octanol–water partition coefficient (Wildman–Crippen LogP) is 1.01. The Balaban J connectivity index is 2.84. The molecule has 16 heavy (non-hydrogen) atoms. The minimum atomic E-state index is -1.32. The van der Waals surface area contributed by atoms with Gasteiger partial charge in [0.15, 0.2) is 11.2 Å². The zero-order chi connectivity index (χ0) is 12.0. The van der Waals surface area contributed by atoms with Gasteiger partial charge in [-0.1, -0.05) is 29.8 Å². The van der Waals surface area contributed by atoms with E-state index in [1.165, 1.54) is 0 Å². The molecule has 4 nitrogen and oxygen atoms in total. The summed E-state index contributed by atoms with van der Waals surface area (Å²) in [4.78, 5) is 10.6. The lowest BCUT2D eigenvalue weighted by Crippen LogP contribution is -2.31. The first-order valence-corrected chi connectivity index (χ1v) is 6.18. The Morgan fingerprint density at radius 2 is 2.25 bits per heavy atom. The Labute approximate surface area is 98.2 Å². The zero-order valence-electron chi connectivity index (χ0n) is 9.40. The van der Waals surface area contributed by atoms with Crippen molar-refractivity contribution in [1.82, 2.24) is 9.44 Å². The molecule has 2 N–H and O–H groups in total. The Bertz CT molecular complexity index is 382. The van der Waals surface area contributed by atoms with Crippen molar-refractivity contribution in [2.75, 3.05) is 7.05 Å². The molecule has 0 saturated carbocycles. The van der Waals surface area contributed by atoms with Crippen molar-refractivity contribution in [2.45, 2.75) is 19.4 Å². The number of rotatable bonds is 6. The van der Waals surface area contributed by atoms with Gasteiger partial charge in [0.2, 0.25) is 0 Å². The highest BCUT2D eigenvalue weighted by Gasteiger charge is 2.12. The Hall–Kier alpha value is -1.04. The lowest BCUT2D eigenvalue weighted by atomic mass is 10.0. The number of hydrogen-bond donors (Lipinski definition) is 2. The molecule has 0 radical (unpaired) electrons. The van der Waals surface area contributed by atoms with Crippen LogP contribution >= 0.6 is 0 Å². The highest BCUT2D eigenvalue weighted by molar-refractivity contribution is 7.81. The molecular formula is C11H16N2O2S. The molecule has 0 aliphatic carbocycles. The molecule has 0 amide bonds. The van der Waals surface area contributed by atoms with Gasteiger partial charge in [0.05, 0.1) is 6.04 Å². The number of aryl methyl sites for hydroxylation is 1. The van der Waals surface area contributed by atoms with E-state index in [1.807, 2.05) is 31.2 Å². The molecule has 0 saturated heterocycles. The van der Waals surface area contributed by atoms with Gasteiger partial charge in [0.25, 0.3) is 0 Å². The van der Waals surface area contributed by atoms with E-state index in [-0.39, 0.29) is 6.04 Å². The normalized spacial score (nSPS) is 14.4. The second-order valence-electron chi connectivity index (χ2n) is 3.46. The third-order valence-electron chi connectivity index (χ3n) is 2.21. The maximum absolute atomic E-state index is 11.3. The minimum Gasteiger partial charge on any atom is -0.303 e. The zero-order valence-corrected chi connectivity index (χ0v) is 10.2. The molecule has 5 heteroatoms. The number of carbonyl (C=O) groups excluding carboxylic acids is 1. The smallest absolute Gasteiger partial charge is 0.167 e. The fraction of sp³-hybridized carbons (Fsp3) is 0.364. The Morgan fingerprint density at radius 3 is 2.81 bits per heavy atom. The molecule has 1 aromatic rings. The van der Waals surface area contributed by atoms with Crippen molar-refractivity contribution < 1.29 is 9.00 Å². The summed E-state index contributed by atoms with van der Waals surface area (Å²) in [5.74, 6) is 0. The number of aldehydes is 1. The second-order valence-corrected chi connectivity index (χ2v) is 4.64. The van der Waals surface area contributed by atoms with Gasteiger partial charge in [-0.05, 0) is 19.5 Å². The summed E-state index contributed by atoms with van der Waals surface area (Å²) in [6.07, 6.45) is 1.13. The van der Waals surface area contributed by atoms with E-state index in [9.17, 15) is 9.00 Å². The van der Waals surface area contributed by atoms with Crippen molar-refractivity contribution in [3.05, 3.63) is 35.4 Å². The molecule has 0 bridgehead atoms. The molecule has 0 aromatic heterocycles. The SMILES string of the molecule is CNS(=O)NC(CC=O)c1cccc(C)c1. The quantitative estimate of drug-likeness (QED) is 0.729. The van der Waals surface area contributed by atoms with Crippen LogP contribution in [0.2, 0.25) is 0 Å². The molecule has 2 unspecified atom stereocenters. The molecule has 1 rings (SSSR count). The van der Waals surface area contributed by atoms with E-state index in [0.717, 1.165) is 17.4 Å². The van der Waals surface area contributed by atoms with Crippen molar-refractivity contribution in [1.29, 1.82) is 0 Å². The van der Waals surface area contributed by atoms with Crippen LogP contribution < -0.4 is 9.44 Å². The summed E-state index contributed by atoms with van der Waals surface area (Å²) in [5, 5.41) is 0. The molecule has 0 aliphatic rings. The number of carbonyl (C=O) groups is 1. The average molecular weight is 240 g/mol. The van der Waals surface area contributed by atoms with Crippen molar-refractivity contribution >= 4 is 17.5 Å². The van der Waals surface area contributed by atoms with E-state index in [4.69, 9.17) is 0 Å². The summed E-state index contributed by atoms with van der Waals surface area (Å²) >= 11 is -1.32. The molecule has 0 spiro atoms. The number of nitrogens with one attached hydrogen (secondary N) is 2. The monoisotopic (exact) mass is 240 g/mol. The van der Waals surface area contributed by atoms with Crippen LogP contribution in [0.1, 0.15) is 23.6 Å². The largest absolute Gasteiger partial charge is 0.303 e. The van der Waals surface area contributed by atoms with E-state index >= 15 is 0 Å². The number of hydrogen-bond acceptors (Lipinski definition) is 2. The highest BCUT2D eigenvalue weighted by Crippen LogP contribution is 2.17. The van der Waals surface area contributed by atoms with Gasteiger partial charge < -0.3 is 4.79 Å². The summed E-state index contributed by atoms with van der Waals surface area (Å²) < 4.78 is 16.8. The van der Waals surface area contributed by atoms with Crippen LogP contribution in [-0.2, 0) is 16.0 Å². The van der Waals surface area contributed by atoms with Crippen LogP contribution in [0.15, 0.2) is 24.3 Å². The fourth-order valence-electron chi connectivity index (χ4n) is 1.42. The predicted molar refractivity (Wildman–Crippen MR) is 64.9 cm³/mol. The van der Waals surface area contributed by atoms with E-state index in [1.54, 1.807) is 7.05 Å². The summed E-state index contributed by atoms with van der Waals surface area (Å²) in [6, 6.07) is 7.59. The van der Waals surface area contributed by atoms with Gasteiger partial charge in [-0.3, -0.25) is 0 Å². The van der Waals surface area contributed by atoms with Gasteiger partial charge in [0, 0.05) is 6.42 Å². The third-order valence-corrected chi connectivity index (χ3v) is 3.08. The van der Waals surface area contributed by atoms with E-state index in [2.05, 4.69) is 9.44 Å².